The van der Waals surface area contributed by atoms with Crippen LogP contribution in [0.25, 0.3) is 33.7 Å². The molecule has 0 unspecified atom stereocenters. The van der Waals surface area contributed by atoms with E-state index in [-0.39, 0.29) is 12.0 Å². The molecule has 5 nitrogen and oxygen atoms in total. The molecule has 0 aliphatic heterocycles. The Morgan fingerprint density at radius 2 is 1.68 bits per heavy atom. The Balaban J connectivity index is 1.65. The van der Waals surface area contributed by atoms with Crippen molar-refractivity contribution in [3.63, 3.8) is 0 Å². The molecule has 0 fully saturated rings. The maximum Gasteiger partial charge on any atom is 0.162 e. The van der Waals surface area contributed by atoms with Gasteiger partial charge in [-0.2, -0.15) is 0 Å². The topological polar surface area (TPSA) is 67.3 Å². The first-order valence-corrected chi connectivity index (χ1v) is 9.75. The van der Waals surface area contributed by atoms with Crippen molar-refractivity contribution < 1.29 is 8.78 Å². The Labute approximate surface area is 176 Å². The molecule has 7 heteroatoms. The van der Waals surface area contributed by atoms with Crippen molar-refractivity contribution in [1.29, 1.82) is 0 Å². The fourth-order valence-electron chi connectivity index (χ4n) is 3.56. The molecule has 0 atom stereocenters. The van der Waals surface area contributed by atoms with Crippen molar-refractivity contribution in [3.05, 3.63) is 95.7 Å². The van der Waals surface area contributed by atoms with E-state index in [4.69, 9.17) is 4.98 Å². The smallest absolute Gasteiger partial charge is 0.162 e. The van der Waals surface area contributed by atoms with Crippen LogP contribution in [0.15, 0.2) is 67.0 Å². The van der Waals surface area contributed by atoms with E-state index in [1.54, 1.807) is 18.5 Å². The Bertz CT molecular complexity index is 1410. The van der Waals surface area contributed by atoms with Gasteiger partial charge in [-0.3, -0.25) is 15.0 Å². The first kappa shape index (κ1) is 19.0. The Morgan fingerprint density at radius 1 is 0.871 bits per heavy atom. The number of aromatic amines is 1. The molecule has 0 aliphatic rings. The van der Waals surface area contributed by atoms with Gasteiger partial charge in [0.2, 0.25) is 0 Å². The molecule has 3 aromatic heterocycles. The Morgan fingerprint density at radius 3 is 2.52 bits per heavy atom. The molecule has 0 amide bonds. The summed E-state index contributed by atoms with van der Waals surface area (Å²) in [5.41, 5.74) is 5.52. The van der Waals surface area contributed by atoms with Gasteiger partial charge in [0.25, 0.3) is 0 Å². The van der Waals surface area contributed by atoms with Crippen LogP contribution in [0.4, 0.5) is 8.78 Å². The third kappa shape index (κ3) is 3.66. The number of nitrogens with zero attached hydrogens (tertiary/aromatic N) is 4. The van der Waals surface area contributed by atoms with E-state index in [1.165, 1.54) is 6.07 Å². The lowest BCUT2D eigenvalue weighted by Crippen LogP contribution is -1.97. The van der Waals surface area contributed by atoms with Crippen LogP contribution in [0.1, 0.15) is 17.1 Å². The van der Waals surface area contributed by atoms with Gasteiger partial charge in [0.15, 0.2) is 11.6 Å². The van der Waals surface area contributed by atoms with Crippen LogP contribution in [0.3, 0.4) is 0 Å². The normalized spacial score (nSPS) is 11.2. The number of rotatable bonds is 4. The van der Waals surface area contributed by atoms with Crippen molar-refractivity contribution in [2.24, 2.45) is 0 Å². The van der Waals surface area contributed by atoms with Crippen LogP contribution in [0.5, 0.6) is 0 Å². The lowest BCUT2D eigenvalue weighted by atomic mass is 10.1. The molecule has 31 heavy (non-hydrogen) atoms. The van der Waals surface area contributed by atoms with E-state index < -0.39 is 11.6 Å². The molecule has 0 bridgehead atoms. The fourth-order valence-corrected chi connectivity index (χ4v) is 3.56. The third-order valence-electron chi connectivity index (χ3n) is 5.03. The summed E-state index contributed by atoms with van der Waals surface area (Å²) < 4.78 is 27.9. The highest BCUT2D eigenvalue weighted by Gasteiger charge is 2.18. The molecule has 0 saturated carbocycles. The number of hydrogen-bond acceptors (Lipinski definition) is 4. The number of benzene rings is 2. The molecule has 0 aliphatic carbocycles. The number of aryl methyl sites for hydroxylation is 1. The van der Waals surface area contributed by atoms with Gasteiger partial charge >= 0.3 is 0 Å². The van der Waals surface area contributed by atoms with E-state index in [0.717, 1.165) is 28.4 Å². The first-order valence-electron chi connectivity index (χ1n) is 9.75. The molecule has 5 rings (SSSR count). The van der Waals surface area contributed by atoms with Crippen LogP contribution in [-0.2, 0) is 6.42 Å². The number of halogens is 2. The summed E-state index contributed by atoms with van der Waals surface area (Å²) in [4.78, 5) is 21.3. The van der Waals surface area contributed by atoms with E-state index in [2.05, 4.69) is 19.9 Å². The van der Waals surface area contributed by atoms with Gasteiger partial charge in [0, 0.05) is 30.1 Å². The highest BCUT2D eigenvalue weighted by atomic mass is 19.2. The molecule has 0 radical (unpaired) electrons. The van der Waals surface area contributed by atoms with Gasteiger partial charge in [0.05, 0.1) is 28.1 Å². The molecule has 2 aromatic carbocycles. The second kappa shape index (κ2) is 7.68. The molecular weight excluding hydrogens is 396 g/mol. The summed E-state index contributed by atoms with van der Waals surface area (Å²) in [5, 5.41) is 0. The second-order valence-corrected chi connectivity index (χ2v) is 7.22. The number of H-pyrrole nitrogens is 1. The predicted molar refractivity (Wildman–Crippen MR) is 114 cm³/mol. The van der Waals surface area contributed by atoms with E-state index in [9.17, 15) is 8.78 Å². The van der Waals surface area contributed by atoms with Crippen molar-refractivity contribution in [2.45, 2.75) is 13.3 Å². The van der Waals surface area contributed by atoms with Crippen LogP contribution >= 0.6 is 0 Å². The lowest BCUT2D eigenvalue weighted by Gasteiger charge is -2.04. The van der Waals surface area contributed by atoms with Gasteiger partial charge < -0.3 is 4.98 Å². The standard InChI is InChI=1S/C24H17F2N5/c1-14-4-2-7-19(29-14)24-23(16-8-9-18-20(12-16)28-11-10-27-18)30-21(31-24)13-15-5-3-6-17(25)22(15)26/h2-12H,13H2,1H3,(H,30,31). The maximum atomic E-state index is 14.2. The van der Waals surface area contributed by atoms with Gasteiger partial charge in [0.1, 0.15) is 5.82 Å². The molecular formula is C24H17F2N5. The summed E-state index contributed by atoms with van der Waals surface area (Å²) in [6.07, 6.45) is 3.40. The largest absolute Gasteiger partial charge is 0.340 e. The lowest BCUT2D eigenvalue weighted by molar-refractivity contribution is 0.500. The zero-order valence-corrected chi connectivity index (χ0v) is 16.6. The molecule has 1 N–H and O–H groups in total. The first-order chi connectivity index (χ1) is 15.1. The number of nitrogens with one attached hydrogen (secondary N) is 1. The number of pyridine rings is 1. The minimum Gasteiger partial charge on any atom is -0.340 e. The van der Waals surface area contributed by atoms with Crippen LogP contribution in [0.2, 0.25) is 0 Å². The molecule has 0 spiro atoms. The number of imidazole rings is 1. The van der Waals surface area contributed by atoms with Crippen molar-refractivity contribution in [3.8, 4) is 22.6 Å². The van der Waals surface area contributed by atoms with Gasteiger partial charge in [-0.05, 0) is 42.8 Å². The summed E-state index contributed by atoms with van der Waals surface area (Å²) in [5.74, 6) is -1.23. The summed E-state index contributed by atoms with van der Waals surface area (Å²) in [6.45, 7) is 1.91. The van der Waals surface area contributed by atoms with Gasteiger partial charge in [-0.15, -0.1) is 0 Å². The minimum absolute atomic E-state index is 0.121. The Kier molecular flexibility index (Phi) is 4.71. The highest BCUT2D eigenvalue weighted by molar-refractivity contribution is 5.84. The van der Waals surface area contributed by atoms with Crippen LogP contribution in [0, 0.1) is 18.6 Å². The monoisotopic (exact) mass is 413 g/mol. The Hall–Kier alpha value is -4.00. The highest BCUT2D eigenvalue weighted by Crippen LogP contribution is 2.31. The molecule has 152 valence electrons. The van der Waals surface area contributed by atoms with E-state index in [1.807, 2.05) is 43.3 Å². The number of fused-ring (bicyclic) bond motifs is 1. The summed E-state index contributed by atoms with van der Waals surface area (Å²) in [7, 11) is 0. The van der Waals surface area contributed by atoms with E-state index >= 15 is 0 Å². The van der Waals surface area contributed by atoms with Gasteiger partial charge in [-0.1, -0.05) is 24.3 Å². The fraction of sp³-hybridized carbons (Fsp3) is 0.0833. The maximum absolute atomic E-state index is 14.2. The zero-order valence-electron chi connectivity index (χ0n) is 16.6. The predicted octanol–water partition coefficient (Wildman–Crippen LogP) is 5.26. The quantitative estimate of drug-likeness (QED) is 0.436. The summed E-state index contributed by atoms with van der Waals surface area (Å²) >= 11 is 0. The zero-order chi connectivity index (χ0) is 21.4. The molecule has 0 saturated heterocycles. The average Bonchev–Trinajstić information content (AvgIpc) is 3.20. The van der Waals surface area contributed by atoms with E-state index in [0.29, 0.717) is 22.9 Å². The second-order valence-electron chi connectivity index (χ2n) is 7.22. The van der Waals surface area contributed by atoms with Crippen LogP contribution < -0.4 is 0 Å². The SMILES string of the molecule is Cc1cccc(-c2[nH]c(Cc3cccc(F)c3F)nc2-c2ccc3nccnc3c2)n1. The summed E-state index contributed by atoms with van der Waals surface area (Å²) in [6, 6.07) is 15.6. The molecule has 3 heterocycles. The van der Waals surface area contributed by atoms with Crippen molar-refractivity contribution in [1.82, 2.24) is 24.9 Å². The van der Waals surface area contributed by atoms with Gasteiger partial charge in [-0.25, -0.2) is 13.8 Å². The number of hydrogen-bond donors (Lipinski definition) is 1. The molecule has 5 aromatic rings. The average molecular weight is 413 g/mol. The van der Waals surface area contributed by atoms with Crippen molar-refractivity contribution >= 4 is 11.0 Å². The van der Waals surface area contributed by atoms with Crippen molar-refractivity contribution in [2.75, 3.05) is 0 Å². The number of aromatic nitrogens is 5. The third-order valence-corrected chi connectivity index (χ3v) is 5.03. The van der Waals surface area contributed by atoms with Crippen LogP contribution in [-0.4, -0.2) is 24.9 Å². The minimum atomic E-state index is -0.877.